The first kappa shape index (κ1) is 16.6. The van der Waals surface area contributed by atoms with Gasteiger partial charge in [0.1, 0.15) is 17.8 Å². The topological polar surface area (TPSA) is 102 Å². The molecule has 7 nitrogen and oxygen atoms in total. The number of anilines is 5. The number of nitrogens with two attached hydrogens (primary N) is 1. The van der Waals surface area contributed by atoms with Crippen molar-refractivity contribution in [2.75, 3.05) is 16.4 Å². The van der Waals surface area contributed by atoms with Crippen LogP contribution in [0.3, 0.4) is 0 Å². The molecule has 0 amide bonds. The van der Waals surface area contributed by atoms with Crippen molar-refractivity contribution in [2.45, 2.75) is 13.1 Å². The lowest BCUT2D eigenvalue weighted by Gasteiger charge is -2.15. The lowest BCUT2D eigenvalue weighted by Crippen LogP contribution is -2.10. The molecule has 0 aliphatic heterocycles. The van der Waals surface area contributed by atoms with E-state index in [0.29, 0.717) is 11.6 Å². The number of halogens is 3. The molecule has 130 valence electrons. The fourth-order valence-electron chi connectivity index (χ4n) is 2.11. The van der Waals surface area contributed by atoms with Crippen molar-refractivity contribution in [3.05, 3.63) is 48.0 Å². The van der Waals surface area contributed by atoms with Gasteiger partial charge in [-0.25, -0.2) is 9.97 Å². The van der Waals surface area contributed by atoms with Gasteiger partial charge in [0.15, 0.2) is 17.5 Å². The zero-order valence-electron chi connectivity index (χ0n) is 12.9. The van der Waals surface area contributed by atoms with Crippen LogP contribution in [-0.2, 0) is 6.18 Å². The Morgan fingerprint density at radius 3 is 2.40 bits per heavy atom. The second-order valence-electron chi connectivity index (χ2n) is 5.10. The number of hydrogen-bond acceptors (Lipinski definition) is 7. The molecule has 0 radical (unpaired) electrons. The summed E-state index contributed by atoms with van der Waals surface area (Å²) in [5.74, 6) is 1.17. The van der Waals surface area contributed by atoms with Crippen LogP contribution in [0.25, 0.3) is 0 Å². The van der Waals surface area contributed by atoms with E-state index in [9.17, 15) is 13.2 Å². The Morgan fingerprint density at radius 2 is 1.76 bits per heavy atom. The predicted octanol–water partition coefficient (Wildman–Crippen LogP) is 3.86. The number of hydrogen-bond donors (Lipinski definition) is 3. The molecule has 0 fully saturated rings. The van der Waals surface area contributed by atoms with E-state index in [0.717, 1.165) is 6.07 Å². The van der Waals surface area contributed by atoms with E-state index in [1.54, 1.807) is 13.0 Å². The summed E-state index contributed by atoms with van der Waals surface area (Å²) >= 11 is 0. The first-order valence-electron chi connectivity index (χ1n) is 7.08. The minimum Gasteiger partial charge on any atom is -0.393 e. The summed E-state index contributed by atoms with van der Waals surface area (Å²) in [6.45, 7) is 1.71. The molecule has 4 N–H and O–H groups in total. The summed E-state index contributed by atoms with van der Waals surface area (Å²) in [5.41, 5.74) is 5.01. The molecule has 0 aliphatic rings. The van der Waals surface area contributed by atoms with Crippen LogP contribution in [-0.4, -0.2) is 15.1 Å². The summed E-state index contributed by atoms with van der Waals surface area (Å²) in [6, 6.07) is 6.66. The van der Waals surface area contributed by atoms with Gasteiger partial charge in [-0.05, 0) is 19.1 Å². The molecule has 0 saturated heterocycles. The summed E-state index contributed by atoms with van der Waals surface area (Å²) in [6.07, 6.45) is -3.34. The molecule has 0 aliphatic carbocycles. The van der Waals surface area contributed by atoms with Crippen LogP contribution < -0.4 is 16.4 Å². The van der Waals surface area contributed by atoms with E-state index in [-0.39, 0.29) is 23.0 Å². The molecule has 10 heteroatoms. The van der Waals surface area contributed by atoms with Gasteiger partial charge in [0.25, 0.3) is 0 Å². The molecular formula is C15H13F3N6O. The maximum atomic E-state index is 13.1. The van der Waals surface area contributed by atoms with Crippen LogP contribution in [0.15, 0.2) is 41.2 Å². The highest BCUT2D eigenvalue weighted by Gasteiger charge is 2.33. The van der Waals surface area contributed by atoms with Crippen molar-refractivity contribution in [3.8, 4) is 0 Å². The predicted molar refractivity (Wildman–Crippen MR) is 85.7 cm³/mol. The van der Waals surface area contributed by atoms with Gasteiger partial charge in [0.2, 0.25) is 0 Å². The molecule has 3 rings (SSSR count). The third kappa shape index (κ3) is 3.62. The summed E-state index contributed by atoms with van der Waals surface area (Å²) in [4.78, 5) is 7.87. The van der Waals surface area contributed by atoms with Crippen molar-refractivity contribution in [3.63, 3.8) is 0 Å². The highest BCUT2D eigenvalue weighted by Crippen LogP contribution is 2.37. The number of aromatic nitrogens is 3. The minimum absolute atomic E-state index is 0.0365. The van der Waals surface area contributed by atoms with E-state index in [4.69, 9.17) is 10.3 Å². The summed E-state index contributed by atoms with van der Waals surface area (Å²) in [7, 11) is 0. The summed E-state index contributed by atoms with van der Waals surface area (Å²) in [5, 5.41) is 9.16. The largest absolute Gasteiger partial charge is 0.418 e. The monoisotopic (exact) mass is 350 g/mol. The van der Waals surface area contributed by atoms with Crippen molar-refractivity contribution in [2.24, 2.45) is 0 Å². The lowest BCUT2D eigenvalue weighted by atomic mass is 10.1. The van der Waals surface area contributed by atoms with E-state index in [1.165, 1.54) is 24.5 Å². The molecule has 0 atom stereocenters. The second kappa shape index (κ2) is 6.30. The zero-order chi connectivity index (χ0) is 18.0. The van der Waals surface area contributed by atoms with Gasteiger partial charge >= 0.3 is 6.18 Å². The van der Waals surface area contributed by atoms with E-state index in [1.807, 2.05) is 0 Å². The van der Waals surface area contributed by atoms with Gasteiger partial charge in [-0.3, -0.25) is 0 Å². The molecule has 2 heterocycles. The fourth-order valence-corrected chi connectivity index (χ4v) is 2.11. The average molecular weight is 350 g/mol. The standard InChI is InChI=1S/C15H13F3N6O/c1-8-6-11(24-25-8)23-14-12(19)13(20-7-21-14)22-10-5-3-2-4-9(10)15(16,17)18/h2-7H,19H2,1H3,(H2,20,21,22,23,24). The van der Waals surface area contributed by atoms with Crippen LogP contribution in [0.2, 0.25) is 0 Å². The van der Waals surface area contributed by atoms with Gasteiger partial charge in [-0.2, -0.15) is 13.2 Å². The van der Waals surface area contributed by atoms with Gasteiger partial charge < -0.3 is 20.9 Å². The van der Waals surface area contributed by atoms with Crippen molar-refractivity contribution in [1.29, 1.82) is 0 Å². The molecule has 0 bridgehead atoms. The third-order valence-electron chi connectivity index (χ3n) is 3.24. The van der Waals surface area contributed by atoms with Gasteiger partial charge in [-0.15, -0.1) is 0 Å². The minimum atomic E-state index is -4.51. The molecule has 2 aromatic heterocycles. The SMILES string of the molecule is Cc1cc(Nc2ncnc(Nc3ccccc3C(F)(F)F)c2N)no1. The Labute approximate surface area is 140 Å². The number of benzene rings is 1. The van der Waals surface area contributed by atoms with Gasteiger partial charge in [-0.1, -0.05) is 17.3 Å². The fraction of sp³-hybridized carbons (Fsp3) is 0.133. The molecule has 1 aromatic carbocycles. The van der Waals surface area contributed by atoms with Crippen LogP contribution in [0.5, 0.6) is 0 Å². The lowest BCUT2D eigenvalue weighted by molar-refractivity contribution is -0.136. The van der Waals surface area contributed by atoms with Crippen LogP contribution >= 0.6 is 0 Å². The van der Waals surface area contributed by atoms with Gasteiger partial charge in [0.05, 0.1) is 11.3 Å². The normalized spacial score (nSPS) is 11.4. The number of nitrogens with one attached hydrogen (secondary N) is 2. The Morgan fingerprint density at radius 1 is 1.08 bits per heavy atom. The van der Waals surface area contributed by atoms with Crippen LogP contribution in [0.1, 0.15) is 11.3 Å². The Bertz CT molecular complexity index is 893. The highest BCUT2D eigenvalue weighted by molar-refractivity contribution is 5.80. The highest BCUT2D eigenvalue weighted by atomic mass is 19.4. The molecule has 0 saturated carbocycles. The van der Waals surface area contributed by atoms with Crippen molar-refractivity contribution < 1.29 is 17.7 Å². The zero-order valence-corrected chi connectivity index (χ0v) is 12.9. The van der Waals surface area contributed by atoms with E-state index >= 15 is 0 Å². The molecule has 0 unspecified atom stereocenters. The quantitative estimate of drug-likeness (QED) is 0.656. The maximum Gasteiger partial charge on any atom is 0.418 e. The average Bonchev–Trinajstić information content (AvgIpc) is 2.96. The van der Waals surface area contributed by atoms with Crippen molar-refractivity contribution >= 4 is 28.8 Å². The van der Waals surface area contributed by atoms with Crippen molar-refractivity contribution in [1.82, 2.24) is 15.1 Å². The number of alkyl halides is 3. The molecule has 0 spiro atoms. The Hall–Kier alpha value is -3.30. The smallest absolute Gasteiger partial charge is 0.393 e. The first-order valence-corrected chi connectivity index (χ1v) is 7.08. The van der Waals surface area contributed by atoms with Crippen LogP contribution in [0.4, 0.5) is 42.0 Å². The number of aryl methyl sites for hydroxylation is 1. The first-order chi connectivity index (χ1) is 11.8. The number of para-hydroxylation sites is 1. The van der Waals surface area contributed by atoms with Crippen LogP contribution in [0, 0.1) is 6.92 Å². The number of rotatable bonds is 4. The van der Waals surface area contributed by atoms with Gasteiger partial charge in [0, 0.05) is 6.07 Å². The molecule has 25 heavy (non-hydrogen) atoms. The summed E-state index contributed by atoms with van der Waals surface area (Å²) < 4.78 is 44.2. The molecular weight excluding hydrogens is 337 g/mol. The molecule has 3 aromatic rings. The van der Waals surface area contributed by atoms with E-state index in [2.05, 4.69) is 25.8 Å². The second-order valence-corrected chi connectivity index (χ2v) is 5.10. The number of nitrogens with zero attached hydrogens (tertiary/aromatic N) is 3. The van der Waals surface area contributed by atoms with E-state index < -0.39 is 11.7 Å². The third-order valence-corrected chi connectivity index (χ3v) is 3.24. The Balaban J connectivity index is 1.91. The number of nitrogen functional groups attached to an aromatic ring is 1. The maximum absolute atomic E-state index is 13.1. The Kier molecular flexibility index (Phi) is 4.17.